The normalized spacial score (nSPS) is 27.8. The highest BCUT2D eigenvalue weighted by Crippen LogP contribution is 2.40. The number of aryl methyl sites for hydroxylation is 1. The number of imidazole rings is 1. The Morgan fingerprint density at radius 1 is 0.959 bits per heavy atom. The Kier molecular flexibility index (Phi) is 8.65. The number of carbonyl (C=O) groups is 3. The minimum absolute atomic E-state index is 0.187. The molecule has 49 heavy (non-hydrogen) atoms. The van der Waals surface area contributed by atoms with Crippen LogP contribution < -0.4 is 21.2 Å². The molecule has 1 aliphatic carbocycles. The number of hydrogen-bond acceptors (Lipinski definition) is 8. The summed E-state index contributed by atoms with van der Waals surface area (Å²) in [6.07, 6.45) is 5.46. The molecule has 3 atom stereocenters. The van der Waals surface area contributed by atoms with Crippen LogP contribution in [0.4, 0.5) is 10.5 Å². The molecule has 5 aliphatic rings. The average Bonchev–Trinajstić information content (AvgIpc) is 3.74. The van der Waals surface area contributed by atoms with E-state index in [0.717, 1.165) is 75.2 Å². The lowest BCUT2D eigenvalue weighted by atomic mass is 9.85. The van der Waals surface area contributed by atoms with E-state index in [4.69, 9.17) is 16.3 Å². The summed E-state index contributed by atoms with van der Waals surface area (Å²) < 4.78 is 8.53. The number of nitrogens with one attached hydrogen (secondary N) is 2. The molecule has 4 aliphatic heterocycles. The van der Waals surface area contributed by atoms with Crippen LogP contribution in [-0.4, -0.2) is 93.7 Å². The highest BCUT2D eigenvalue weighted by Gasteiger charge is 2.49. The Bertz CT molecular complexity index is 1810. The van der Waals surface area contributed by atoms with Crippen molar-refractivity contribution in [2.45, 2.75) is 81.8 Å². The molecule has 3 amide bonds. The fourth-order valence-corrected chi connectivity index (χ4v) is 9.26. The Labute approximate surface area is 290 Å². The third-order valence-electron chi connectivity index (χ3n) is 11.6. The topological polar surface area (TPSA) is 121 Å². The Balaban J connectivity index is 0.831. The van der Waals surface area contributed by atoms with Gasteiger partial charge in [0.15, 0.2) is 0 Å². The molecule has 13 heteroatoms. The second-order valence-corrected chi connectivity index (χ2v) is 15.0. The molecule has 2 N–H and O–H groups in total. The quantitative estimate of drug-likeness (QED) is 0.346. The van der Waals surface area contributed by atoms with Gasteiger partial charge in [0.1, 0.15) is 12.6 Å². The molecule has 8 rings (SSSR count). The Morgan fingerprint density at radius 3 is 2.45 bits per heavy atom. The van der Waals surface area contributed by atoms with Crippen molar-refractivity contribution < 1.29 is 19.1 Å². The number of fused-ring (bicyclic) bond motifs is 3. The first kappa shape index (κ1) is 32.3. The number of alkyl carbamates (subject to hydrolysis) is 1. The summed E-state index contributed by atoms with van der Waals surface area (Å²) in [5.41, 5.74) is 2.95. The molecule has 260 valence electrons. The molecule has 5 heterocycles. The molecule has 1 aromatic heterocycles. The predicted octanol–water partition coefficient (Wildman–Crippen LogP) is 3.40. The number of halogens is 1. The van der Waals surface area contributed by atoms with Crippen LogP contribution in [0.3, 0.4) is 0 Å². The van der Waals surface area contributed by atoms with Crippen molar-refractivity contribution in [2.24, 2.45) is 13.0 Å². The first-order valence-electron chi connectivity index (χ1n) is 17.7. The lowest BCUT2D eigenvalue weighted by Gasteiger charge is -2.47. The van der Waals surface area contributed by atoms with Gasteiger partial charge in [0.2, 0.25) is 11.8 Å². The number of piperazine rings is 1. The number of benzene rings is 2. The van der Waals surface area contributed by atoms with Gasteiger partial charge >= 0.3 is 11.8 Å². The Morgan fingerprint density at radius 2 is 1.73 bits per heavy atom. The van der Waals surface area contributed by atoms with Crippen molar-refractivity contribution >= 4 is 46.2 Å². The number of anilines is 1. The highest BCUT2D eigenvalue weighted by atomic mass is 35.5. The summed E-state index contributed by atoms with van der Waals surface area (Å²) in [4.78, 5) is 57.9. The van der Waals surface area contributed by atoms with E-state index in [1.165, 1.54) is 11.0 Å². The van der Waals surface area contributed by atoms with E-state index >= 15 is 0 Å². The van der Waals surface area contributed by atoms with E-state index in [-0.39, 0.29) is 30.2 Å². The van der Waals surface area contributed by atoms with E-state index < -0.39 is 11.9 Å². The summed E-state index contributed by atoms with van der Waals surface area (Å²) in [6.45, 7) is 5.31. The fraction of sp³-hybridized carbons (Fsp3) is 0.556. The summed E-state index contributed by atoms with van der Waals surface area (Å²) in [5, 5.41) is 6.02. The smallest absolute Gasteiger partial charge is 0.407 e. The molecular weight excluding hydrogens is 646 g/mol. The largest absolute Gasteiger partial charge is 0.445 e. The minimum Gasteiger partial charge on any atom is -0.445 e. The van der Waals surface area contributed by atoms with Crippen LogP contribution in [0.25, 0.3) is 11.0 Å². The molecule has 2 aromatic carbocycles. The number of rotatable bonds is 8. The lowest BCUT2D eigenvalue weighted by molar-refractivity contribution is -0.135. The third-order valence-corrected chi connectivity index (χ3v) is 11.9. The zero-order chi connectivity index (χ0) is 33.8. The molecule has 3 aromatic rings. The van der Waals surface area contributed by atoms with Gasteiger partial charge in [-0.15, -0.1) is 0 Å². The number of amides is 3. The number of nitrogens with zero attached hydrogens (tertiary/aromatic N) is 5. The summed E-state index contributed by atoms with van der Waals surface area (Å²) >= 11 is 6.82. The zero-order valence-corrected chi connectivity index (χ0v) is 28.6. The van der Waals surface area contributed by atoms with Crippen LogP contribution in [0, 0.1) is 5.92 Å². The number of carbonyl (C=O) groups excluding carboxylic acids is 3. The first-order chi connectivity index (χ1) is 23.7. The number of imide groups is 1. The minimum atomic E-state index is -0.725. The van der Waals surface area contributed by atoms with Crippen molar-refractivity contribution in [1.29, 1.82) is 0 Å². The summed E-state index contributed by atoms with van der Waals surface area (Å²) in [7, 11) is 1.73. The van der Waals surface area contributed by atoms with Crippen molar-refractivity contribution in [2.75, 3.05) is 37.6 Å². The van der Waals surface area contributed by atoms with Crippen LogP contribution in [-0.2, 0) is 28.0 Å². The predicted molar refractivity (Wildman–Crippen MR) is 186 cm³/mol. The molecule has 0 radical (unpaired) electrons. The van der Waals surface area contributed by atoms with Gasteiger partial charge in [-0.05, 0) is 62.1 Å². The fourth-order valence-electron chi connectivity index (χ4n) is 8.99. The second kappa shape index (κ2) is 13.1. The van der Waals surface area contributed by atoms with Crippen LogP contribution in [0.5, 0.6) is 0 Å². The zero-order valence-electron chi connectivity index (χ0n) is 27.9. The monoisotopic (exact) mass is 689 g/mol. The standard InChI is InChI=1S/C36H44ClN7O5/c1-40-33-29(44(36(40)48)30-9-10-31(45)39-34(30)46)8-7-28(37)32(33)41-13-11-22(12-14-41)18-42-19-27-17-26(42)20-43(27)25-15-24(16-25)38-35(47)49-21-23-5-3-2-4-6-23/h2-8,22,24-27,30H,9-21H2,1H3,(H,38,47)(H,39,45,46)/t24?,25?,26-,27-,30?/m0/s1. The number of ether oxygens (including phenoxy) is 1. The van der Waals surface area contributed by atoms with Crippen LogP contribution in [0.2, 0.25) is 5.02 Å². The lowest BCUT2D eigenvalue weighted by Crippen LogP contribution is -2.59. The average molecular weight is 690 g/mol. The summed E-state index contributed by atoms with van der Waals surface area (Å²) in [6, 6.07) is 14.6. The van der Waals surface area contributed by atoms with Gasteiger partial charge in [0, 0.05) is 70.4 Å². The molecule has 1 unspecified atom stereocenters. The van der Waals surface area contributed by atoms with Crippen LogP contribution in [0.1, 0.15) is 56.6 Å². The second-order valence-electron chi connectivity index (χ2n) is 14.6. The molecule has 5 fully saturated rings. The van der Waals surface area contributed by atoms with Gasteiger partial charge < -0.3 is 15.0 Å². The van der Waals surface area contributed by atoms with Gasteiger partial charge in [-0.3, -0.25) is 33.8 Å². The molecule has 12 nitrogen and oxygen atoms in total. The van der Waals surface area contributed by atoms with E-state index in [1.54, 1.807) is 11.6 Å². The van der Waals surface area contributed by atoms with Crippen molar-refractivity contribution in [3.05, 3.63) is 63.5 Å². The number of likely N-dealkylation sites (tertiary alicyclic amines) is 2. The van der Waals surface area contributed by atoms with Gasteiger partial charge in [-0.2, -0.15) is 0 Å². The molecule has 2 bridgehead atoms. The maximum absolute atomic E-state index is 13.5. The molecule has 0 spiro atoms. The van der Waals surface area contributed by atoms with Crippen LogP contribution >= 0.6 is 11.6 Å². The van der Waals surface area contributed by atoms with Gasteiger partial charge in [-0.25, -0.2) is 9.59 Å². The van der Waals surface area contributed by atoms with E-state index in [0.29, 0.717) is 47.6 Å². The molecule has 4 saturated heterocycles. The molecule has 1 saturated carbocycles. The summed E-state index contributed by atoms with van der Waals surface area (Å²) in [5.74, 6) is -0.147. The highest BCUT2D eigenvalue weighted by molar-refractivity contribution is 6.34. The van der Waals surface area contributed by atoms with Crippen molar-refractivity contribution in [3.8, 4) is 0 Å². The Hall–Kier alpha value is -3.87. The van der Waals surface area contributed by atoms with Gasteiger partial charge in [0.05, 0.1) is 21.7 Å². The number of aromatic nitrogens is 2. The molecular formula is C36H44ClN7O5. The number of piperidine rings is 2. The van der Waals surface area contributed by atoms with E-state index in [2.05, 4.69) is 25.3 Å². The van der Waals surface area contributed by atoms with Crippen molar-refractivity contribution in [1.82, 2.24) is 29.6 Å². The van der Waals surface area contributed by atoms with E-state index in [1.807, 2.05) is 42.5 Å². The van der Waals surface area contributed by atoms with Crippen molar-refractivity contribution in [3.63, 3.8) is 0 Å². The van der Waals surface area contributed by atoms with Crippen LogP contribution in [0.15, 0.2) is 47.3 Å². The van der Waals surface area contributed by atoms with Gasteiger partial charge in [0.25, 0.3) is 0 Å². The third kappa shape index (κ3) is 6.12. The first-order valence-corrected chi connectivity index (χ1v) is 18.1. The van der Waals surface area contributed by atoms with Gasteiger partial charge in [-0.1, -0.05) is 41.9 Å². The van der Waals surface area contributed by atoms with E-state index in [9.17, 15) is 19.2 Å². The number of hydrogen-bond donors (Lipinski definition) is 2. The maximum atomic E-state index is 13.5. The maximum Gasteiger partial charge on any atom is 0.407 e. The SMILES string of the molecule is Cn1c(=O)n(C2CCC(=O)NC2=O)c2ccc(Cl)c(N3CCC(CN4C[C@@H]5C[C@H]4CN5C4CC(NC(=O)OCc5ccccc5)C4)CC3)c21.